The van der Waals surface area contributed by atoms with Crippen molar-refractivity contribution in [1.29, 1.82) is 0 Å². The molecule has 0 saturated carbocycles. The van der Waals surface area contributed by atoms with E-state index in [-0.39, 0.29) is 18.3 Å². The second-order valence-corrected chi connectivity index (χ2v) is 7.50. The Morgan fingerprint density at radius 2 is 2.00 bits per heavy atom. The van der Waals surface area contributed by atoms with Crippen LogP contribution in [0.15, 0.2) is 40.8 Å². The molecule has 0 atom stereocenters. The van der Waals surface area contributed by atoms with Gasteiger partial charge >= 0.3 is 0 Å². The van der Waals surface area contributed by atoms with E-state index in [0.717, 1.165) is 24.3 Å². The maximum absolute atomic E-state index is 12.4. The molecule has 0 bridgehead atoms. The van der Waals surface area contributed by atoms with Gasteiger partial charge in [-0.15, -0.1) is 11.3 Å². The largest absolute Gasteiger partial charge is 0.486 e. The van der Waals surface area contributed by atoms with Crippen LogP contribution in [0.5, 0.6) is 5.75 Å². The van der Waals surface area contributed by atoms with Crippen LogP contribution in [0.25, 0.3) is 0 Å². The van der Waals surface area contributed by atoms with Gasteiger partial charge in [-0.25, -0.2) is 4.98 Å². The third-order valence-corrected chi connectivity index (χ3v) is 5.43. The summed E-state index contributed by atoms with van der Waals surface area (Å²) in [6, 6.07) is 11.2. The monoisotopic (exact) mass is 368 g/mol. The van der Waals surface area contributed by atoms with E-state index in [0.29, 0.717) is 10.9 Å². The summed E-state index contributed by atoms with van der Waals surface area (Å²) >= 11 is 1.56. The van der Waals surface area contributed by atoms with Gasteiger partial charge in [-0.05, 0) is 56.9 Å². The number of hydrogen-bond donors (Lipinski definition) is 1. The van der Waals surface area contributed by atoms with Gasteiger partial charge in [-0.3, -0.25) is 10.1 Å². The SMILES string of the molecule is Cc1ccc(OCc2ccc(C(=O)Nc3nc4c(s3)CCCC4)o2)cc1. The third kappa shape index (κ3) is 3.80. The summed E-state index contributed by atoms with van der Waals surface area (Å²) in [6.45, 7) is 2.31. The molecule has 1 aromatic carbocycles. The van der Waals surface area contributed by atoms with Crippen LogP contribution in [-0.2, 0) is 19.4 Å². The normalized spacial score (nSPS) is 13.3. The number of ether oxygens (including phenoxy) is 1. The highest BCUT2D eigenvalue weighted by atomic mass is 32.1. The van der Waals surface area contributed by atoms with Crippen LogP contribution < -0.4 is 10.1 Å². The number of fused-ring (bicyclic) bond motifs is 1. The van der Waals surface area contributed by atoms with Gasteiger partial charge in [0.25, 0.3) is 5.91 Å². The quantitative estimate of drug-likeness (QED) is 0.705. The number of carbonyl (C=O) groups is 1. The van der Waals surface area contributed by atoms with E-state index < -0.39 is 0 Å². The highest BCUT2D eigenvalue weighted by molar-refractivity contribution is 7.15. The Balaban J connectivity index is 1.36. The summed E-state index contributed by atoms with van der Waals surface area (Å²) in [5, 5.41) is 3.49. The van der Waals surface area contributed by atoms with Crippen molar-refractivity contribution in [2.75, 3.05) is 5.32 Å². The van der Waals surface area contributed by atoms with Crippen molar-refractivity contribution < 1.29 is 13.9 Å². The number of nitrogens with one attached hydrogen (secondary N) is 1. The molecule has 0 saturated heterocycles. The summed E-state index contributed by atoms with van der Waals surface area (Å²) in [6.07, 6.45) is 4.44. The van der Waals surface area contributed by atoms with E-state index in [1.807, 2.05) is 31.2 Å². The Bertz CT molecular complexity index is 888. The van der Waals surface area contributed by atoms with Crippen LogP contribution in [0.4, 0.5) is 5.13 Å². The molecule has 3 aromatic rings. The number of aryl methyl sites for hydroxylation is 3. The molecule has 2 aromatic heterocycles. The zero-order valence-electron chi connectivity index (χ0n) is 14.6. The topological polar surface area (TPSA) is 64.4 Å². The van der Waals surface area contributed by atoms with Crippen LogP contribution in [0.3, 0.4) is 0 Å². The van der Waals surface area contributed by atoms with E-state index >= 15 is 0 Å². The maximum Gasteiger partial charge on any atom is 0.293 e. The number of rotatable bonds is 5. The van der Waals surface area contributed by atoms with E-state index in [9.17, 15) is 4.79 Å². The average molecular weight is 368 g/mol. The number of amides is 1. The predicted octanol–water partition coefficient (Wildman–Crippen LogP) is 4.75. The Kier molecular flexibility index (Phi) is 4.75. The molecule has 6 heteroatoms. The summed E-state index contributed by atoms with van der Waals surface area (Å²) < 4.78 is 11.3. The Hall–Kier alpha value is -2.60. The zero-order valence-corrected chi connectivity index (χ0v) is 15.4. The van der Waals surface area contributed by atoms with Crippen molar-refractivity contribution >= 4 is 22.4 Å². The van der Waals surface area contributed by atoms with Gasteiger partial charge in [-0.2, -0.15) is 0 Å². The summed E-state index contributed by atoms with van der Waals surface area (Å²) in [7, 11) is 0. The Morgan fingerprint density at radius 3 is 2.81 bits per heavy atom. The Morgan fingerprint density at radius 1 is 1.19 bits per heavy atom. The van der Waals surface area contributed by atoms with E-state index in [1.54, 1.807) is 23.5 Å². The van der Waals surface area contributed by atoms with Crippen molar-refractivity contribution in [3.8, 4) is 5.75 Å². The fourth-order valence-corrected chi connectivity index (χ4v) is 3.98. The van der Waals surface area contributed by atoms with Crippen molar-refractivity contribution in [2.24, 2.45) is 0 Å². The molecule has 0 radical (unpaired) electrons. The van der Waals surface area contributed by atoms with Gasteiger partial charge in [0.2, 0.25) is 0 Å². The fraction of sp³-hybridized carbons (Fsp3) is 0.300. The first kappa shape index (κ1) is 16.8. The fourth-order valence-electron chi connectivity index (χ4n) is 2.93. The molecule has 4 rings (SSSR count). The molecule has 5 nitrogen and oxygen atoms in total. The van der Waals surface area contributed by atoms with Crippen molar-refractivity contribution in [2.45, 2.75) is 39.2 Å². The van der Waals surface area contributed by atoms with Gasteiger partial charge in [0.15, 0.2) is 10.9 Å². The average Bonchev–Trinajstić information content (AvgIpc) is 3.27. The lowest BCUT2D eigenvalue weighted by molar-refractivity contribution is 0.0992. The molecule has 1 amide bonds. The van der Waals surface area contributed by atoms with Crippen LogP contribution in [-0.4, -0.2) is 10.9 Å². The van der Waals surface area contributed by atoms with Crippen LogP contribution in [0.2, 0.25) is 0 Å². The molecule has 0 aliphatic heterocycles. The number of aromatic nitrogens is 1. The van der Waals surface area contributed by atoms with Crippen LogP contribution >= 0.6 is 11.3 Å². The van der Waals surface area contributed by atoms with E-state index in [4.69, 9.17) is 9.15 Å². The molecule has 1 aliphatic rings. The minimum Gasteiger partial charge on any atom is -0.486 e. The highest BCUT2D eigenvalue weighted by Gasteiger charge is 2.18. The first-order valence-corrected chi connectivity index (χ1v) is 9.57. The molecule has 0 unspecified atom stereocenters. The lowest BCUT2D eigenvalue weighted by Crippen LogP contribution is -2.10. The molecule has 2 heterocycles. The minimum atomic E-state index is -0.280. The first-order valence-electron chi connectivity index (χ1n) is 8.75. The predicted molar refractivity (Wildman–Crippen MR) is 101 cm³/mol. The molecule has 1 aliphatic carbocycles. The van der Waals surface area contributed by atoms with Crippen LogP contribution in [0.1, 0.15) is 45.3 Å². The van der Waals surface area contributed by atoms with Crippen molar-refractivity contribution in [3.63, 3.8) is 0 Å². The van der Waals surface area contributed by atoms with E-state index in [1.165, 1.54) is 23.3 Å². The third-order valence-electron chi connectivity index (χ3n) is 4.35. The second-order valence-electron chi connectivity index (χ2n) is 6.42. The lowest BCUT2D eigenvalue weighted by atomic mass is 10.0. The van der Waals surface area contributed by atoms with Crippen LogP contribution in [0, 0.1) is 6.92 Å². The molecule has 1 N–H and O–H groups in total. The number of benzene rings is 1. The summed E-state index contributed by atoms with van der Waals surface area (Å²) in [5.74, 6) is 1.36. The van der Waals surface area contributed by atoms with Gasteiger partial charge in [0.1, 0.15) is 18.1 Å². The van der Waals surface area contributed by atoms with Crippen molar-refractivity contribution in [3.05, 3.63) is 64.1 Å². The van der Waals surface area contributed by atoms with Gasteiger partial charge < -0.3 is 9.15 Å². The molecular weight excluding hydrogens is 348 g/mol. The number of thiazole rings is 1. The molecule has 26 heavy (non-hydrogen) atoms. The zero-order chi connectivity index (χ0) is 17.9. The van der Waals surface area contributed by atoms with E-state index in [2.05, 4.69) is 10.3 Å². The smallest absolute Gasteiger partial charge is 0.293 e. The highest BCUT2D eigenvalue weighted by Crippen LogP contribution is 2.29. The number of nitrogens with zero attached hydrogens (tertiary/aromatic N) is 1. The number of anilines is 1. The van der Waals surface area contributed by atoms with Gasteiger partial charge in [-0.1, -0.05) is 17.7 Å². The summed E-state index contributed by atoms with van der Waals surface area (Å²) in [5.41, 5.74) is 2.31. The molecule has 0 spiro atoms. The standard InChI is InChI=1S/C20H20N2O3S/c1-13-6-8-14(9-7-13)24-12-15-10-11-17(25-15)19(23)22-20-21-16-4-2-3-5-18(16)26-20/h6-11H,2-5,12H2,1H3,(H,21,22,23). The first-order chi connectivity index (χ1) is 12.7. The maximum atomic E-state index is 12.4. The van der Waals surface area contributed by atoms with Crippen molar-refractivity contribution in [1.82, 2.24) is 4.98 Å². The molecule has 0 fully saturated rings. The van der Waals surface area contributed by atoms with Gasteiger partial charge in [0, 0.05) is 4.88 Å². The molecule has 134 valence electrons. The number of furan rings is 1. The van der Waals surface area contributed by atoms with Gasteiger partial charge in [0.05, 0.1) is 5.69 Å². The number of carbonyl (C=O) groups excluding carboxylic acids is 1. The summed E-state index contributed by atoms with van der Waals surface area (Å²) in [4.78, 5) is 18.2. The lowest BCUT2D eigenvalue weighted by Gasteiger charge is -2.06. The minimum absolute atomic E-state index is 0.265. The molecular formula is C20H20N2O3S. The Labute approximate surface area is 156 Å². The number of hydrogen-bond acceptors (Lipinski definition) is 5. The second kappa shape index (κ2) is 7.33.